The molecule has 0 radical (unpaired) electrons. The van der Waals surface area contributed by atoms with Gasteiger partial charge in [-0.3, -0.25) is 0 Å². The van der Waals surface area contributed by atoms with E-state index in [2.05, 4.69) is 13.8 Å². The zero-order valence-electron chi connectivity index (χ0n) is 13.0. The van der Waals surface area contributed by atoms with Crippen LogP contribution in [0.15, 0.2) is 17.0 Å². The highest BCUT2D eigenvalue weighted by atomic mass is 35.5. The first-order valence-corrected chi connectivity index (χ1v) is 9.57. The zero-order chi connectivity index (χ0) is 16.5. The molecule has 124 valence electrons. The molecule has 0 N–H and O–H groups in total. The Morgan fingerprint density at radius 1 is 1.18 bits per heavy atom. The maximum atomic E-state index is 12.9. The molecule has 0 aromatic heterocycles. The van der Waals surface area contributed by atoms with Crippen LogP contribution in [0.1, 0.15) is 27.2 Å². The Bertz CT molecular complexity index is 638. The minimum atomic E-state index is -3.65. The van der Waals surface area contributed by atoms with Crippen LogP contribution in [0.4, 0.5) is 0 Å². The van der Waals surface area contributed by atoms with Gasteiger partial charge in [0.05, 0.1) is 16.7 Å². The summed E-state index contributed by atoms with van der Waals surface area (Å²) in [6.45, 7) is 7.40. The standard InChI is InChI=1S/C15H21Cl2NO3S/c1-4-21-14-6-13(17)15(7-12(14)16)22(19,20)18-8-10(2)5-11(3)9-18/h6-7,10-11H,4-5,8-9H2,1-3H3/t10-,11+. The first-order chi connectivity index (χ1) is 10.3. The van der Waals surface area contributed by atoms with E-state index in [1.165, 1.54) is 16.4 Å². The highest BCUT2D eigenvalue weighted by molar-refractivity contribution is 7.89. The Hall–Kier alpha value is -0.490. The number of rotatable bonds is 4. The first-order valence-electron chi connectivity index (χ1n) is 7.37. The monoisotopic (exact) mass is 365 g/mol. The lowest BCUT2D eigenvalue weighted by Crippen LogP contribution is -2.42. The van der Waals surface area contributed by atoms with E-state index in [1.54, 1.807) is 0 Å². The van der Waals surface area contributed by atoms with Gasteiger partial charge in [0.25, 0.3) is 0 Å². The highest BCUT2D eigenvalue weighted by Gasteiger charge is 2.33. The van der Waals surface area contributed by atoms with E-state index in [0.29, 0.717) is 37.3 Å². The Morgan fingerprint density at radius 2 is 1.77 bits per heavy atom. The molecule has 0 spiro atoms. The fourth-order valence-electron chi connectivity index (χ4n) is 2.92. The van der Waals surface area contributed by atoms with Crippen molar-refractivity contribution in [2.45, 2.75) is 32.1 Å². The Kier molecular flexibility index (Phi) is 5.64. The summed E-state index contributed by atoms with van der Waals surface area (Å²) in [5.74, 6) is 1.06. The molecule has 1 fully saturated rings. The van der Waals surface area contributed by atoms with E-state index >= 15 is 0 Å². The van der Waals surface area contributed by atoms with Crippen LogP contribution in [0, 0.1) is 11.8 Å². The normalized spacial score (nSPS) is 23.5. The van der Waals surface area contributed by atoms with Crippen molar-refractivity contribution in [1.29, 1.82) is 0 Å². The predicted molar refractivity (Wildman–Crippen MR) is 89.3 cm³/mol. The van der Waals surface area contributed by atoms with Crippen LogP contribution in [0.5, 0.6) is 5.75 Å². The summed E-state index contributed by atoms with van der Waals surface area (Å²) >= 11 is 12.3. The Morgan fingerprint density at radius 3 is 2.32 bits per heavy atom. The Labute approximate surface area is 142 Å². The van der Waals surface area contributed by atoms with Crippen LogP contribution in [-0.4, -0.2) is 32.4 Å². The molecule has 1 heterocycles. The maximum Gasteiger partial charge on any atom is 0.244 e. The maximum absolute atomic E-state index is 12.9. The number of piperidine rings is 1. The van der Waals surface area contributed by atoms with Crippen molar-refractivity contribution in [2.24, 2.45) is 11.8 Å². The van der Waals surface area contributed by atoms with Gasteiger partial charge in [0, 0.05) is 19.2 Å². The van der Waals surface area contributed by atoms with E-state index in [-0.39, 0.29) is 14.9 Å². The van der Waals surface area contributed by atoms with E-state index in [0.717, 1.165) is 6.42 Å². The van der Waals surface area contributed by atoms with Crippen LogP contribution >= 0.6 is 23.2 Å². The van der Waals surface area contributed by atoms with E-state index in [4.69, 9.17) is 27.9 Å². The summed E-state index contributed by atoms with van der Waals surface area (Å²) in [5, 5.41) is 0.390. The number of halogens is 2. The van der Waals surface area contributed by atoms with Crippen LogP contribution < -0.4 is 4.74 Å². The number of ether oxygens (including phenoxy) is 1. The van der Waals surface area contributed by atoms with Gasteiger partial charge in [0.1, 0.15) is 10.6 Å². The van der Waals surface area contributed by atoms with Crippen LogP contribution in [0.2, 0.25) is 10.0 Å². The SMILES string of the molecule is CCOc1cc(Cl)c(S(=O)(=O)N2C[C@H](C)C[C@H](C)C2)cc1Cl. The third-order valence-electron chi connectivity index (χ3n) is 3.74. The quantitative estimate of drug-likeness (QED) is 0.807. The van der Waals surface area contributed by atoms with E-state index < -0.39 is 10.0 Å². The minimum Gasteiger partial charge on any atom is -0.492 e. The average Bonchev–Trinajstić information content (AvgIpc) is 2.41. The van der Waals surface area contributed by atoms with Crippen molar-refractivity contribution in [1.82, 2.24) is 4.31 Å². The molecule has 0 saturated carbocycles. The molecule has 2 atom stereocenters. The minimum absolute atomic E-state index is 0.0453. The second kappa shape index (κ2) is 6.95. The molecule has 1 saturated heterocycles. The molecule has 1 aliphatic heterocycles. The third-order valence-corrected chi connectivity index (χ3v) is 6.33. The van der Waals surface area contributed by atoms with E-state index in [1.807, 2.05) is 6.92 Å². The highest BCUT2D eigenvalue weighted by Crippen LogP contribution is 2.36. The molecule has 22 heavy (non-hydrogen) atoms. The lowest BCUT2D eigenvalue weighted by atomic mass is 9.94. The molecular formula is C15H21Cl2NO3S. The molecule has 0 amide bonds. The van der Waals surface area contributed by atoms with E-state index in [9.17, 15) is 8.42 Å². The summed E-state index contributed by atoms with van der Waals surface area (Å²) in [6, 6.07) is 2.85. The van der Waals surface area contributed by atoms with Crippen molar-refractivity contribution in [3.63, 3.8) is 0 Å². The molecule has 4 nitrogen and oxygen atoms in total. The molecule has 1 aromatic carbocycles. The molecule has 1 aliphatic rings. The fraction of sp³-hybridized carbons (Fsp3) is 0.600. The number of nitrogens with zero attached hydrogens (tertiary/aromatic N) is 1. The fourth-order valence-corrected chi connectivity index (χ4v) is 5.40. The molecule has 0 bridgehead atoms. The summed E-state index contributed by atoms with van der Waals surface area (Å²) in [5.41, 5.74) is 0. The lowest BCUT2D eigenvalue weighted by molar-refractivity contribution is 0.222. The van der Waals surface area contributed by atoms with Gasteiger partial charge in [-0.2, -0.15) is 4.31 Å². The van der Waals surface area contributed by atoms with Gasteiger partial charge in [0.2, 0.25) is 10.0 Å². The number of sulfonamides is 1. The zero-order valence-corrected chi connectivity index (χ0v) is 15.3. The van der Waals surface area contributed by atoms with Crippen LogP contribution in [0.3, 0.4) is 0 Å². The molecule has 0 aliphatic carbocycles. The predicted octanol–water partition coefficient (Wildman–Crippen LogP) is 4.06. The van der Waals surface area contributed by atoms with Crippen molar-refractivity contribution < 1.29 is 13.2 Å². The smallest absolute Gasteiger partial charge is 0.244 e. The van der Waals surface area contributed by atoms with Crippen LogP contribution in [0.25, 0.3) is 0 Å². The summed E-state index contributed by atoms with van der Waals surface area (Å²) in [4.78, 5) is 0.0453. The molecule has 0 unspecified atom stereocenters. The van der Waals surface area contributed by atoms with Gasteiger partial charge >= 0.3 is 0 Å². The van der Waals surface area contributed by atoms with Gasteiger partial charge < -0.3 is 4.74 Å². The number of hydrogen-bond acceptors (Lipinski definition) is 3. The van der Waals surface area contributed by atoms with Crippen molar-refractivity contribution >= 4 is 33.2 Å². The number of hydrogen-bond donors (Lipinski definition) is 0. The van der Waals surface area contributed by atoms with Gasteiger partial charge in [-0.25, -0.2) is 8.42 Å². The van der Waals surface area contributed by atoms with Crippen molar-refractivity contribution in [3.05, 3.63) is 22.2 Å². The van der Waals surface area contributed by atoms with Gasteiger partial charge in [-0.1, -0.05) is 37.0 Å². The largest absolute Gasteiger partial charge is 0.492 e. The van der Waals surface area contributed by atoms with Gasteiger partial charge in [0.15, 0.2) is 0 Å². The molecule has 2 rings (SSSR count). The molecule has 7 heteroatoms. The third kappa shape index (κ3) is 3.70. The van der Waals surface area contributed by atoms with Gasteiger partial charge in [-0.05, 0) is 31.2 Å². The Balaban J connectivity index is 2.39. The van der Waals surface area contributed by atoms with Crippen LogP contribution in [-0.2, 0) is 10.0 Å². The average molecular weight is 366 g/mol. The summed E-state index contributed by atoms with van der Waals surface area (Å²) < 4.78 is 32.6. The first kappa shape index (κ1) is 17.9. The number of benzene rings is 1. The second-order valence-electron chi connectivity index (χ2n) is 5.91. The summed E-state index contributed by atoms with van der Waals surface area (Å²) in [6.07, 6.45) is 1.03. The summed E-state index contributed by atoms with van der Waals surface area (Å²) in [7, 11) is -3.65. The van der Waals surface area contributed by atoms with Crippen molar-refractivity contribution in [3.8, 4) is 5.75 Å². The van der Waals surface area contributed by atoms with Gasteiger partial charge in [-0.15, -0.1) is 0 Å². The van der Waals surface area contributed by atoms with Crippen molar-refractivity contribution in [2.75, 3.05) is 19.7 Å². The second-order valence-corrected chi connectivity index (χ2v) is 8.63. The topological polar surface area (TPSA) is 46.6 Å². The molecule has 1 aromatic rings. The molecular weight excluding hydrogens is 345 g/mol. The lowest BCUT2D eigenvalue weighted by Gasteiger charge is -2.34.